The fourth-order valence-corrected chi connectivity index (χ4v) is 2.85. The lowest BCUT2D eigenvalue weighted by Crippen LogP contribution is -2.08. The Hall–Kier alpha value is -2.22. The third kappa shape index (κ3) is 3.64. The van der Waals surface area contributed by atoms with E-state index in [4.69, 9.17) is 0 Å². The van der Waals surface area contributed by atoms with Gasteiger partial charge in [-0.1, -0.05) is 18.2 Å². The van der Waals surface area contributed by atoms with Gasteiger partial charge < -0.3 is 10.6 Å². The summed E-state index contributed by atoms with van der Waals surface area (Å²) in [6.45, 7) is 0. The van der Waals surface area contributed by atoms with Gasteiger partial charge in [0.1, 0.15) is 5.82 Å². The first-order valence-corrected chi connectivity index (χ1v) is 8.94. The van der Waals surface area contributed by atoms with Gasteiger partial charge in [0.2, 0.25) is 5.95 Å². The van der Waals surface area contributed by atoms with Crippen LogP contribution in [0.1, 0.15) is 12.8 Å². The number of nitrogens with one attached hydrogen (secondary N) is 2. The Kier molecular flexibility index (Phi) is 4.29. The molecule has 5 nitrogen and oxygen atoms in total. The first kappa shape index (κ1) is 15.3. The van der Waals surface area contributed by atoms with Crippen LogP contribution in [-0.4, -0.2) is 21.0 Å². The Labute approximate surface area is 154 Å². The minimum atomic E-state index is 0.494. The highest BCUT2D eigenvalue weighted by molar-refractivity contribution is 14.1. The molecule has 1 saturated carbocycles. The van der Waals surface area contributed by atoms with Crippen molar-refractivity contribution in [3.8, 4) is 11.4 Å². The molecule has 2 aromatic heterocycles. The van der Waals surface area contributed by atoms with E-state index in [2.05, 4.69) is 54.2 Å². The molecule has 2 heterocycles. The molecule has 1 aromatic carbocycles. The topological polar surface area (TPSA) is 62.7 Å². The van der Waals surface area contributed by atoms with Crippen LogP contribution in [0.15, 0.2) is 54.7 Å². The van der Waals surface area contributed by atoms with E-state index in [0.29, 0.717) is 12.0 Å². The van der Waals surface area contributed by atoms with Gasteiger partial charge >= 0.3 is 0 Å². The molecule has 4 rings (SSSR count). The van der Waals surface area contributed by atoms with Crippen LogP contribution in [0.5, 0.6) is 0 Å². The summed E-state index contributed by atoms with van der Waals surface area (Å²) in [6, 6.07) is 16.4. The van der Waals surface area contributed by atoms with Gasteiger partial charge in [0.15, 0.2) is 0 Å². The molecule has 2 N–H and O–H groups in total. The SMILES string of the molecule is Ic1ccccc1Nc1cc(-c2ccccn2)nc(NC2CC2)n1. The zero-order valence-electron chi connectivity index (χ0n) is 12.9. The quantitative estimate of drug-likeness (QED) is 0.587. The Morgan fingerprint density at radius 3 is 2.54 bits per heavy atom. The van der Waals surface area contributed by atoms with Crippen molar-refractivity contribution in [3.05, 3.63) is 58.3 Å². The van der Waals surface area contributed by atoms with Crippen LogP contribution in [0.25, 0.3) is 11.4 Å². The minimum Gasteiger partial charge on any atom is -0.351 e. The summed E-state index contributed by atoms with van der Waals surface area (Å²) in [4.78, 5) is 13.6. The van der Waals surface area contributed by atoms with E-state index in [9.17, 15) is 0 Å². The molecule has 0 spiro atoms. The van der Waals surface area contributed by atoms with Crippen molar-refractivity contribution in [2.75, 3.05) is 10.6 Å². The molecule has 1 fully saturated rings. The average Bonchev–Trinajstić information content (AvgIpc) is 3.42. The second-order valence-electron chi connectivity index (χ2n) is 5.70. The zero-order valence-corrected chi connectivity index (χ0v) is 15.1. The van der Waals surface area contributed by atoms with Crippen LogP contribution in [0.3, 0.4) is 0 Å². The van der Waals surface area contributed by atoms with E-state index < -0.39 is 0 Å². The van der Waals surface area contributed by atoms with Crippen molar-refractivity contribution in [2.45, 2.75) is 18.9 Å². The van der Waals surface area contributed by atoms with Crippen LogP contribution in [-0.2, 0) is 0 Å². The first-order valence-electron chi connectivity index (χ1n) is 7.86. The van der Waals surface area contributed by atoms with E-state index >= 15 is 0 Å². The molecule has 3 aromatic rings. The summed E-state index contributed by atoms with van der Waals surface area (Å²) >= 11 is 2.31. The number of hydrogen-bond acceptors (Lipinski definition) is 5. The standard InChI is InChI=1S/C18H16IN5/c19-13-5-1-2-6-14(13)22-17-11-16(15-7-3-4-10-20-15)23-18(24-17)21-12-8-9-12/h1-7,10-12H,8-9H2,(H2,21,22,23,24). The molecule has 24 heavy (non-hydrogen) atoms. The van der Waals surface area contributed by atoms with E-state index in [0.717, 1.165) is 26.5 Å². The number of pyridine rings is 1. The third-order valence-electron chi connectivity index (χ3n) is 3.70. The van der Waals surface area contributed by atoms with Crippen LogP contribution in [0.4, 0.5) is 17.5 Å². The number of aromatic nitrogens is 3. The summed E-state index contributed by atoms with van der Waals surface area (Å²) in [5.74, 6) is 1.41. The van der Waals surface area contributed by atoms with Crippen molar-refractivity contribution < 1.29 is 0 Å². The molecule has 0 atom stereocenters. The van der Waals surface area contributed by atoms with E-state index in [1.54, 1.807) is 6.20 Å². The Balaban J connectivity index is 1.71. The highest BCUT2D eigenvalue weighted by atomic mass is 127. The van der Waals surface area contributed by atoms with Crippen LogP contribution >= 0.6 is 22.6 Å². The maximum Gasteiger partial charge on any atom is 0.225 e. The first-order chi connectivity index (χ1) is 11.8. The molecule has 120 valence electrons. The highest BCUT2D eigenvalue weighted by Crippen LogP contribution is 2.27. The largest absolute Gasteiger partial charge is 0.351 e. The number of nitrogens with zero attached hydrogens (tertiary/aromatic N) is 3. The number of rotatable bonds is 5. The van der Waals surface area contributed by atoms with E-state index in [1.165, 1.54) is 12.8 Å². The number of benzene rings is 1. The zero-order chi connectivity index (χ0) is 16.4. The molecule has 0 unspecified atom stereocenters. The normalized spacial score (nSPS) is 13.5. The molecule has 0 bridgehead atoms. The average molecular weight is 429 g/mol. The van der Waals surface area contributed by atoms with Crippen LogP contribution in [0.2, 0.25) is 0 Å². The summed E-state index contributed by atoms with van der Waals surface area (Å²) in [5, 5.41) is 6.76. The lowest BCUT2D eigenvalue weighted by atomic mass is 10.2. The third-order valence-corrected chi connectivity index (χ3v) is 4.64. The maximum atomic E-state index is 4.62. The van der Waals surface area contributed by atoms with Gasteiger partial charge in [-0.05, 0) is 59.7 Å². The maximum absolute atomic E-state index is 4.62. The lowest BCUT2D eigenvalue weighted by molar-refractivity contribution is 1.05. The minimum absolute atomic E-state index is 0.494. The van der Waals surface area contributed by atoms with Gasteiger partial charge in [-0.15, -0.1) is 0 Å². The summed E-state index contributed by atoms with van der Waals surface area (Å²) in [5.41, 5.74) is 2.67. The fraction of sp³-hybridized carbons (Fsp3) is 0.167. The predicted octanol–water partition coefficient (Wildman–Crippen LogP) is 4.46. The monoisotopic (exact) mass is 429 g/mol. The number of halogens is 1. The van der Waals surface area contributed by atoms with Crippen LogP contribution < -0.4 is 10.6 Å². The molecule has 0 saturated heterocycles. The van der Waals surface area contributed by atoms with Gasteiger partial charge in [-0.3, -0.25) is 4.98 Å². The molecular weight excluding hydrogens is 413 g/mol. The van der Waals surface area contributed by atoms with Gasteiger partial charge in [0.25, 0.3) is 0 Å². The molecule has 1 aliphatic rings. The van der Waals surface area contributed by atoms with Crippen molar-refractivity contribution in [1.29, 1.82) is 0 Å². The highest BCUT2D eigenvalue weighted by Gasteiger charge is 2.22. The number of para-hydroxylation sites is 1. The summed E-state index contributed by atoms with van der Waals surface area (Å²) in [7, 11) is 0. The molecule has 0 amide bonds. The molecule has 0 aliphatic heterocycles. The predicted molar refractivity (Wildman–Crippen MR) is 104 cm³/mol. The van der Waals surface area contributed by atoms with Gasteiger partial charge in [-0.25, -0.2) is 4.98 Å². The summed E-state index contributed by atoms with van der Waals surface area (Å²) < 4.78 is 1.14. The van der Waals surface area contributed by atoms with Crippen molar-refractivity contribution >= 4 is 40.0 Å². The van der Waals surface area contributed by atoms with Gasteiger partial charge in [-0.2, -0.15) is 4.98 Å². The molecular formula is C18H16IN5. The Morgan fingerprint density at radius 1 is 0.958 bits per heavy atom. The smallest absolute Gasteiger partial charge is 0.225 e. The fourth-order valence-electron chi connectivity index (χ4n) is 2.33. The van der Waals surface area contributed by atoms with Gasteiger partial charge in [0, 0.05) is 21.9 Å². The number of anilines is 3. The molecule has 1 aliphatic carbocycles. The number of hydrogen-bond donors (Lipinski definition) is 2. The molecule has 6 heteroatoms. The second kappa shape index (κ2) is 6.72. The lowest BCUT2D eigenvalue weighted by Gasteiger charge is -2.11. The van der Waals surface area contributed by atoms with Gasteiger partial charge in [0.05, 0.1) is 17.1 Å². The van der Waals surface area contributed by atoms with Crippen molar-refractivity contribution in [3.63, 3.8) is 0 Å². The Bertz CT molecular complexity index is 849. The second-order valence-corrected chi connectivity index (χ2v) is 6.86. The Morgan fingerprint density at radius 2 is 1.79 bits per heavy atom. The van der Waals surface area contributed by atoms with Crippen molar-refractivity contribution in [1.82, 2.24) is 15.0 Å². The van der Waals surface area contributed by atoms with Crippen LogP contribution in [0, 0.1) is 3.57 Å². The molecule has 0 radical (unpaired) electrons. The summed E-state index contributed by atoms with van der Waals surface area (Å²) in [6.07, 6.45) is 4.13. The van der Waals surface area contributed by atoms with E-state index in [1.807, 2.05) is 42.5 Å². The van der Waals surface area contributed by atoms with Crippen molar-refractivity contribution in [2.24, 2.45) is 0 Å². The van der Waals surface area contributed by atoms with E-state index in [-0.39, 0.29) is 0 Å².